The number of rotatable bonds is 6. The maximum atomic E-state index is 6.28. The molecule has 0 unspecified atom stereocenters. The highest BCUT2D eigenvalue weighted by molar-refractivity contribution is 6.32. The van der Waals surface area contributed by atoms with Crippen LogP contribution in [-0.4, -0.2) is 25.7 Å². The summed E-state index contributed by atoms with van der Waals surface area (Å²) in [5.41, 5.74) is 6.98. The average Bonchev–Trinajstić information content (AvgIpc) is 2.83. The first-order valence-electron chi connectivity index (χ1n) is 8.69. The van der Waals surface area contributed by atoms with Gasteiger partial charge in [0.15, 0.2) is 17.5 Å². The molecule has 0 spiro atoms. The molecular formula is C18H28ClN3O2. The normalized spacial score (nSPS) is 16.5. The SMILES string of the molecule is CCOc1c(Cl)cc(CN=C(N)NC2CCCCCC2)cc1OC. The first-order valence-corrected chi connectivity index (χ1v) is 9.07. The molecule has 0 atom stereocenters. The summed E-state index contributed by atoms with van der Waals surface area (Å²) in [7, 11) is 1.60. The number of methoxy groups -OCH3 is 1. The lowest BCUT2D eigenvalue weighted by atomic mass is 10.1. The fourth-order valence-corrected chi connectivity index (χ4v) is 3.29. The van der Waals surface area contributed by atoms with E-state index in [-0.39, 0.29) is 0 Å². The van der Waals surface area contributed by atoms with E-state index in [2.05, 4.69) is 10.3 Å². The second-order valence-electron chi connectivity index (χ2n) is 6.08. The molecule has 1 aliphatic carbocycles. The van der Waals surface area contributed by atoms with E-state index in [0.29, 0.717) is 41.7 Å². The monoisotopic (exact) mass is 353 g/mol. The van der Waals surface area contributed by atoms with Crippen LogP contribution in [0.5, 0.6) is 11.5 Å². The van der Waals surface area contributed by atoms with Crippen molar-refractivity contribution in [2.45, 2.75) is 58.0 Å². The van der Waals surface area contributed by atoms with Crippen molar-refractivity contribution in [3.63, 3.8) is 0 Å². The van der Waals surface area contributed by atoms with Gasteiger partial charge in [0.1, 0.15) is 0 Å². The van der Waals surface area contributed by atoms with Crippen LogP contribution in [0.25, 0.3) is 0 Å². The molecule has 0 aromatic heterocycles. The Morgan fingerprint density at radius 3 is 2.62 bits per heavy atom. The number of nitrogens with one attached hydrogen (secondary N) is 1. The van der Waals surface area contributed by atoms with Crippen LogP contribution in [0.1, 0.15) is 51.0 Å². The quantitative estimate of drug-likeness (QED) is 0.462. The molecular weight excluding hydrogens is 326 g/mol. The average molecular weight is 354 g/mol. The highest BCUT2D eigenvalue weighted by Crippen LogP contribution is 2.36. The van der Waals surface area contributed by atoms with E-state index in [1.54, 1.807) is 7.11 Å². The minimum atomic E-state index is 0.440. The number of guanidine groups is 1. The molecule has 0 heterocycles. The topological polar surface area (TPSA) is 68.9 Å². The van der Waals surface area contributed by atoms with Crippen LogP contribution in [0.4, 0.5) is 0 Å². The smallest absolute Gasteiger partial charge is 0.189 e. The van der Waals surface area contributed by atoms with Crippen LogP contribution in [0, 0.1) is 0 Å². The zero-order valence-electron chi connectivity index (χ0n) is 14.6. The molecule has 134 valence electrons. The third-order valence-corrected chi connectivity index (χ3v) is 4.50. The maximum Gasteiger partial charge on any atom is 0.189 e. The molecule has 5 nitrogen and oxygen atoms in total. The Morgan fingerprint density at radius 1 is 1.29 bits per heavy atom. The van der Waals surface area contributed by atoms with Gasteiger partial charge in [0.05, 0.1) is 25.3 Å². The summed E-state index contributed by atoms with van der Waals surface area (Å²) < 4.78 is 10.9. The Hall–Kier alpha value is -1.62. The first-order chi connectivity index (χ1) is 11.6. The van der Waals surface area contributed by atoms with Crippen molar-refractivity contribution in [3.05, 3.63) is 22.7 Å². The molecule has 6 heteroatoms. The number of hydrogen-bond donors (Lipinski definition) is 2. The summed E-state index contributed by atoms with van der Waals surface area (Å²) in [6.07, 6.45) is 7.49. The number of halogens is 1. The van der Waals surface area contributed by atoms with Crippen LogP contribution in [0.2, 0.25) is 5.02 Å². The van der Waals surface area contributed by atoms with Crippen molar-refractivity contribution in [1.82, 2.24) is 5.32 Å². The Kier molecular flexibility index (Phi) is 7.50. The summed E-state index contributed by atoms with van der Waals surface area (Å²) >= 11 is 6.28. The van der Waals surface area contributed by atoms with Gasteiger partial charge in [-0.3, -0.25) is 0 Å². The van der Waals surface area contributed by atoms with Gasteiger partial charge in [-0.25, -0.2) is 4.99 Å². The number of nitrogens with zero attached hydrogens (tertiary/aromatic N) is 1. The third kappa shape index (κ3) is 5.48. The van der Waals surface area contributed by atoms with Gasteiger partial charge in [-0.05, 0) is 37.5 Å². The predicted molar refractivity (Wildman–Crippen MR) is 99.1 cm³/mol. The lowest BCUT2D eigenvalue weighted by molar-refractivity contribution is 0.311. The number of hydrogen-bond acceptors (Lipinski definition) is 3. The van der Waals surface area contributed by atoms with E-state index in [1.165, 1.54) is 38.5 Å². The van der Waals surface area contributed by atoms with Gasteiger partial charge >= 0.3 is 0 Å². The van der Waals surface area contributed by atoms with Crippen LogP contribution >= 0.6 is 11.6 Å². The van der Waals surface area contributed by atoms with Crippen LogP contribution < -0.4 is 20.5 Å². The largest absolute Gasteiger partial charge is 0.493 e. The van der Waals surface area contributed by atoms with Crippen molar-refractivity contribution in [1.29, 1.82) is 0 Å². The summed E-state index contributed by atoms with van der Waals surface area (Å²) in [5, 5.41) is 3.87. The lowest BCUT2D eigenvalue weighted by Gasteiger charge is -2.17. The predicted octanol–water partition coefficient (Wildman–Crippen LogP) is 3.87. The second-order valence-corrected chi connectivity index (χ2v) is 6.48. The van der Waals surface area contributed by atoms with Crippen molar-refractivity contribution in [2.75, 3.05) is 13.7 Å². The summed E-state index contributed by atoms with van der Waals surface area (Å²) in [5.74, 6) is 1.68. The lowest BCUT2D eigenvalue weighted by Crippen LogP contribution is -2.39. The fraction of sp³-hybridized carbons (Fsp3) is 0.611. The van der Waals surface area contributed by atoms with Gasteiger partial charge in [0.2, 0.25) is 0 Å². The van der Waals surface area contributed by atoms with Crippen molar-refractivity contribution < 1.29 is 9.47 Å². The molecule has 1 aliphatic rings. The highest BCUT2D eigenvalue weighted by Gasteiger charge is 2.13. The summed E-state index contributed by atoms with van der Waals surface area (Å²) in [6.45, 7) is 2.90. The van der Waals surface area contributed by atoms with Crippen LogP contribution in [0.15, 0.2) is 17.1 Å². The first kappa shape index (κ1) is 18.7. The molecule has 24 heavy (non-hydrogen) atoms. The van der Waals surface area contributed by atoms with Gasteiger partial charge in [0.25, 0.3) is 0 Å². The van der Waals surface area contributed by atoms with E-state index in [0.717, 1.165) is 5.56 Å². The van der Waals surface area contributed by atoms with Crippen molar-refractivity contribution in [2.24, 2.45) is 10.7 Å². The molecule has 3 N–H and O–H groups in total. The van der Waals surface area contributed by atoms with Gasteiger partial charge in [-0.2, -0.15) is 0 Å². The minimum absolute atomic E-state index is 0.440. The van der Waals surface area contributed by atoms with Crippen LogP contribution in [-0.2, 0) is 6.54 Å². The fourth-order valence-electron chi connectivity index (χ4n) is 3.00. The zero-order chi connectivity index (χ0) is 17.4. The van der Waals surface area contributed by atoms with Gasteiger partial charge < -0.3 is 20.5 Å². The second kappa shape index (κ2) is 9.62. The molecule has 1 aromatic carbocycles. The molecule has 1 aromatic rings. The molecule has 0 aliphatic heterocycles. The van der Waals surface area contributed by atoms with Crippen molar-refractivity contribution >= 4 is 17.6 Å². The van der Waals surface area contributed by atoms with E-state index < -0.39 is 0 Å². The molecule has 2 rings (SSSR count). The van der Waals surface area contributed by atoms with Gasteiger partial charge in [0, 0.05) is 6.04 Å². The summed E-state index contributed by atoms with van der Waals surface area (Å²) in [6, 6.07) is 4.17. The number of ether oxygens (including phenoxy) is 2. The maximum absolute atomic E-state index is 6.28. The van der Waals surface area contributed by atoms with E-state index in [9.17, 15) is 0 Å². The number of aliphatic imine (C=N–C) groups is 1. The molecule has 1 saturated carbocycles. The summed E-state index contributed by atoms with van der Waals surface area (Å²) in [4.78, 5) is 4.44. The molecule has 0 amide bonds. The van der Waals surface area contributed by atoms with Gasteiger partial charge in [-0.15, -0.1) is 0 Å². The minimum Gasteiger partial charge on any atom is -0.493 e. The Balaban J connectivity index is 2.00. The van der Waals surface area contributed by atoms with Gasteiger partial charge in [-0.1, -0.05) is 37.3 Å². The number of nitrogens with two attached hydrogens (primary N) is 1. The Labute approximate surface area is 149 Å². The molecule has 1 fully saturated rings. The van der Waals surface area contributed by atoms with E-state index >= 15 is 0 Å². The molecule has 0 saturated heterocycles. The Morgan fingerprint density at radius 2 is 2.00 bits per heavy atom. The Bertz CT molecular complexity index is 555. The number of benzene rings is 1. The van der Waals surface area contributed by atoms with Crippen LogP contribution in [0.3, 0.4) is 0 Å². The standard InChI is InChI=1S/C18H28ClN3O2/c1-3-24-17-15(19)10-13(11-16(17)23-2)12-21-18(20)22-14-8-6-4-5-7-9-14/h10-11,14H,3-9,12H2,1-2H3,(H3,20,21,22). The molecule has 0 bridgehead atoms. The van der Waals surface area contributed by atoms with E-state index in [4.69, 9.17) is 26.8 Å². The van der Waals surface area contributed by atoms with Crippen molar-refractivity contribution in [3.8, 4) is 11.5 Å². The zero-order valence-corrected chi connectivity index (χ0v) is 15.4. The molecule has 0 radical (unpaired) electrons. The van der Waals surface area contributed by atoms with E-state index in [1.807, 2.05) is 19.1 Å². The highest BCUT2D eigenvalue weighted by atomic mass is 35.5. The third-order valence-electron chi connectivity index (χ3n) is 4.22.